The van der Waals surface area contributed by atoms with Gasteiger partial charge in [0.15, 0.2) is 0 Å². The second-order valence-corrected chi connectivity index (χ2v) is 8.92. The standard InChI is InChI=1S/C24H20FNO4S/c1-2-30-19-12-13-22-21(14-19)24(27)23(31(28,29)20-6-4-3-5-7-20)16-26(22)15-17-8-10-18(25)11-9-17/h3-14,16H,2,15H2,1H3. The first-order valence-corrected chi connectivity index (χ1v) is 11.2. The highest BCUT2D eigenvalue weighted by Gasteiger charge is 2.24. The monoisotopic (exact) mass is 437 g/mol. The Morgan fingerprint density at radius 3 is 2.35 bits per heavy atom. The number of pyridine rings is 1. The van der Waals surface area contributed by atoms with Crippen molar-refractivity contribution >= 4 is 20.7 Å². The van der Waals surface area contributed by atoms with Gasteiger partial charge in [-0.15, -0.1) is 0 Å². The average molecular weight is 437 g/mol. The van der Waals surface area contributed by atoms with Gasteiger partial charge in [0.05, 0.1) is 22.4 Å². The molecule has 0 saturated carbocycles. The molecule has 5 nitrogen and oxygen atoms in total. The summed E-state index contributed by atoms with van der Waals surface area (Å²) in [4.78, 5) is 13.0. The average Bonchev–Trinajstić information content (AvgIpc) is 2.78. The lowest BCUT2D eigenvalue weighted by Gasteiger charge is -2.15. The summed E-state index contributed by atoms with van der Waals surface area (Å²) >= 11 is 0. The Bertz CT molecular complexity index is 1400. The Kier molecular flexibility index (Phi) is 5.61. The van der Waals surface area contributed by atoms with Gasteiger partial charge in [-0.3, -0.25) is 4.79 Å². The molecule has 7 heteroatoms. The van der Waals surface area contributed by atoms with E-state index >= 15 is 0 Å². The number of nitrogens with zero attached hydrogens (tertiary/aromatic N) is 1. The molecular formula is C24H20FNO4S. The molecule has 0 radical (unpaired) electrons. The number of rotatable bonds is 6. The molecule has 0 aliphatic carbocycles. The van der Waals surface area contributed by atoms with E-state index in [0.717, 1.165) is 5.56 Å². The van der Waals surface area contributed by atoms with Gasteiger partial charge >= 0.3 is 0 Å². The van der Waals surface area contributed by atoms with Crippen molar-refractivity contribution in [2.75, 3.05) is 6.61 Å². The van der Waals surface area contributed by atoms with Crippen LogP contribution >= 0.6 is 0 Å². The Balaban J connectivity index is 1.96. The molecule has 31 heavy (non-hydrogen) atoms. The van der Waals surface area contributed by atoms with Gasteiger partial charge < -0.3 is 9.30 Å². The van der Waals surface area contributed by atoms with Gasteiger partial charge in [0.25, 0.3) is 0 Å². The fourth-order valence-corrected chi connectivity index (χ4v) is 4.83. The normalized spacial score (nSPS) is 11.5. The van der Waals surface area contributed by atoms with Crippen molar-refractivity contribution < 1.29 is 17.5 Å². The second kappa shape index (κ2) is 8.35. The van der Waals surface area contributed by atoms with Crippen molar-refractivity contribution in [2.24, 2.45) is 0 Å². The number of aromatic nitrogens is 1. The van der Waals surface area contributed by atoms with Gasteiger partial charge in [0, 0.05) is 12.7 Å². The fraction of sp³-hybridized carbons (Fsp3) is 0.125. The Morgan fingerprint density at radius 2 is 1.68 bits per heavy atom. The minimum absolute atomic E-state index is 0.0424. The van der Waals surface area contributed by atoms with Crippen LogP contribution in [0.15, 0.2) is 93.6 Å². The summed E-state index contributed by atoms with van der Waals surface area (Å²) in [5.74, 6) is 0.122. The molecule has 0 spiro atoms. The second-order valence-electron chi connectivity index (χ2n) is 7.01. The van der Waals surface area contributed by atoms with Crippen LogP contribution in [-0.4, -0.2) is 19.6 Å². The van der Waals surface area contributed by atoms with E-state index in [1.807, 2.05) is 6.92 Å². The van der Waals surface area contributed by atoms with Crippen LogP contribution in [0.5, 0.6) is 5.75 Å². The van der Waals surface area contributed by atoms with E-state index in [2.05, 4.69) is 0 Å². The summed E-state index contributed by atoms with van der Waals surface area (Å²) in [6.45, 7) is 2.51. The third-order valence-electron chi connectivity index (χ3n) is 4.94. The maximum atomic E-state index is 13.3. The lowest BCUT2D eigenvalue weighted by Crippen LogP contribution is -2.19. The topological polar surface area (TPSA) is 65.4 Å². The first-order chi connectivity index (χ1) is 14.9. The number of hydrogen-bond acceptors (Lipinski definition) is 4. The van der Waals surface area contributed by atoms with Crippen molar-refractivity contribution in [3.63, 3.8) is 0 Å². The van der Waals surface area contributed by atoms with Gasteiger partial charge in [0.1, 0.15) is 16.5 Å². The zero-order valence-electron chi connectivity index (χ0n) is 16.8. The Morgan fingerprint density at radius 1 is 0.968 bits per heavy atom. The van der Waals surface area contributed by atoms with Crippen molar-refractivity contribution in [1.29, 1.82) is 0 Å². The van der Waals surface area contributed by atoms with E-state index in [4.69, 9.17) is 4.74 Å². The van der Waals surface area contributed by atoms with Crippen molar-refractivity contribution in [3.8, 4) is 5.75 Å². The quantitative estimate of drug-likeness (QED) is 0.448. The van der Waals surface area contributed by atoms with Gasteiger partial charge in [-0.1, -0.05) is 30.3 Å². The molecule has 0 atom stereocenters. The van der Waals surface area contributed by atoms with E-state index in [9.17, 15) is 17.6 Å². The number of benzene rings is 3. The summed E-state index contributed by atoms with van der Waals surface area (Å²) < 4.78 is 47.0. The predicted molar refractivity (Wildman–Crippen MR) is 117 cm³/mol. The minimum Gasteiger partial charge on any atom is -0.494 e. The van der Waals surface area contributed by atoms with Crippen molar-refractivity contribution in [2.45, 2.75) is 23.3 Å². The first-order valence-electron chi connectivity index (χ1n) is 9.74. The molecule has 4 aromatic rings. The molecule has 3 aromatic carbocycles. The molecule has 0 bridgehead atoms. The van der Waals surface area contributed by atoms with E-state index in [0.29, 0.717) is 17.9 Å². The Labute approximate surface area is 179 Å². The van der Waals surface area contributed by atoms with Gasteiger partial charge in [-0.2, -0.15) is 0 Å². The van der Waals surface area contributed by atoms with Crippen LogP contribution in [0.2, 0.25) is 0 Å². The minimum atomic E-state index is -4.04. The maximum Gasteiger partial charge on any atom is 0.211 e. The van der Waals surface area contributed by atoms with Crippen LogP contribution in [-0.2, 0) is 16.4 Å². The van der Waals surface area contributed by atoms with Crippen LogP contribution in [0, 0.1) is 5.82 Å². The van der Waals surface area contributed by atoms with E-state index < -0.39 is 15.3 Å². The SMILES string of the molecule is CCOc1ccc2c(c1)c(=O)c(S(=O)(=O)c1ccccc1)cn2Cc1ccc(F)cc1. The zero-order valence-corrected chi connectivity index (χ0v) is 17.6. The summed E-state index contributed by atoms with van der Waals surface area (Å²) in [7, 11) is -4.04. The number of ether oxygens (including phenoxy) is 1. The lowest BCUT2D eigenvalue weighted by molar-refractivity contribution is 0.340. The third kappa shape index (κ3) is 4.09. The van der Waals surface area contributed by atoms with Crippen molar-refractivity contribution in [1.82, 2.24) is 4.57 Å². The predicted octanol–water partition coefficient (Wildman–Crippen LogP) is 4.42. The zero-order chi connectivity index (χ0) is 22.0. The molecular weight excluding hydrogens is 417 g/mol. The number of sulfone groups is 1. The number of halogens is 1. The van der Waals surface area contributed by atoms with Gasteiger partial charge in [-0.25, -0.2) is 12.8 Å². The van der Waals surface area contributed by atoms with Crippen LogP contribution < -0.4 is 10.2 Å². The smallest absolute Gasteiger partial charge is 0.211 e. The van der Waals surface area contributed by atoms with Gasteiger partial charge in [0.2, 0.25) is 15.3 Å². The van der Waals surface area contributed by atoms with E-state index in [-0.39, 0.29) is 27.5 Å². The van der Waals surface area contributed by atoms with Gasteiger partial charge in [-0.05, 0) is 55.0 Å². The number of hydrogen-bond donors (Lipinski definition) is 0. The molecule has 1 heterocycles. The molecule has 0 saturated heterocycles. The van der Waals surface area contributed by atoms with E-state index in [1.165, 1.54) is 30.5 Å². The van der Waals surface area contributed by atoms with Crippen LogP contribution in [0.4, 0.5) is 4.39 Å². The summed E-state index contributed by atoms with van der Waals surface area (Å²) in [5.41, 5.74) is 0.740. The fourth-order valence-electron chi connectivity index (χ4n) is 3.44. The van der Waals surface area contributed by atoms with Crippen LogP contribution in [0.1, 0.15) is 12.5 Å². The van der Waals surface area contributed by atoms with Crippen molar-refractivity contribution in [3.05, 3.63) is 101 Å². The number of fused-ring (bicyclic) bond motifs is 1. The molecule has 4 rings (SSSR count). The highest BCUT2D eigenvalue weighted by atomic mass is 32.2. The lowest BCUT2D eigenvalue weighted by atomic mass is 10.1. The summed E-state index contributed by atoms with van der Waals surface area (Å²) in [6, 6.07) is 18.8. The molecule has 0 amide bonds. The largest absolute Gasteiger partial charge is 0.494 e. The maximum absolute atomic E-state index is 13.3. The molecule has 0 aliphatic heterocycles. The highest BCUT2D eigenvalue weighted by molar-refractivity contribution is 7.91. The summed E-state index contributed by atoms with van der Waals surface area (Å²) in [6.07, 6.45) is 1.36. The third-order valence-corrected chi connectivity index (χ3v) is 6.70. The molecule has 0 unspecified atom stereocenters. The summed E-state index contributed by atoms with van der Waals surface area (Å²) in [5, 5.41) is 0.241. The first kappa shape index (κ1) is 20.8. The molecule has 0 fully saturated rings. The molecule has 1 aromatic heterocycles. The van der Waals surface area contributed by atoms with Crippen LogP contribution in [0.3, 0.4) is 0 Å². The molecule has 0 aliphatic rings. The molecule has 0 N–H and O–H groups in total. The highest BCUT2D eigenvalue weighted by Crippen LogP contribution is 2.24. The Hall–Kier alpha value is -3.45. The molecule has 158 valence electrons. The van der Waals surface area contributed by atoms with E-state index in [1.54, 1.807) is 53.1 Å². The van der Waals surface area contributed by atoms with Crippen LogP contribution in [0.25, 0.3) is 10.9 Å².